The molecule has 2 rings (SSSR count). The molecule has 0 bridgehead atoms. The van der Waals surface area contributed by atoms with E-state index < -0.39 is 10.0 Å². The molecular formula is C12H18N2O2S. The van der Waals surface area contributed by atoms with E-state index in [9.17, 15) is 8.42 Å². The van der Waals surface area contributed by atoms with Crippen LogP contribution in [0.4, 0.5) is 5.69 Å². The van der Waals surface area contributed by atoms with Crippen molar-refractivity contribution in [2.24, 2.45) is 0 Å². The highest BCUT2D eigenvalue weighted by Gasteiger charge is 2.20. The third-order valence-corrected chi connectivity index (χ3v) is 4.45. The highest BCUT2D eigenvalue weighted by molar-refractivity contribution is 7.89. The summed E-state index contributed by atoms with van der Waals surface area (Å²) in [5.41, 5.74) is 3.57. The predicted octanol–water partition coefficient (Wildman–Crippen LogP) is 1.04. The van der Waals surface area contributed by atoms with Gasteiger partial charge in [0.05, 0.1) is 5.75 Å². The minimum Gasteiger partial charge on any atom is -0.369 e. The van der Waals surface area contributed by atoms with Crippen molar-refractivity contribution in [1.29, 1.82) is 0 Å². The first-order valence-electron chi connectivity index (χ1n) is 5.78. The van der Waals surface area contributed by atoms with Crippen molar-refractivity contribution in [2.45, 2.75) is 13.8 Å². The zero-order valence-corrected chi connectivity index (χ0v) is 11.0. The van der Waals surface area contributed by atoms with Gasteiger partial charge in [-0.05, 0) is 25.0 Å². The second-order valence-electron chi connectivity index (χ2n) is 4.44. The summed E-state index contributed by atoms with van der Waals surface area (Å²) in [4.78, 5) is 2.15. The van der Waals surface area contributed by atoms with Crippen molar-refractivity contribution in [3.8, 4) is 0 Å². The van der Waals surface area contributed by atoms with Crippen LogP contribution in [0, 0.1) is 13.8 Å². The number of nitrogens with one attached hydrogen (secondary N) is 1. The lowest BCUT2D eigenvalue weighted by molar-refractivity contribution is 0.586. The molecule has 94 valence electrons. The van der Waals surface area contributed by atoms with Gasteiger partial charge >= 0.3 is 0 Å². The van der Waals surface area contributed by atoms with Crippen molar-refractivity contribution < 1.29 is 8.42 Å². The second kappa shape index (κ2) is 4.66. The normalized spacial score (nSPS) is 20.0. The Labute approximate surface area is 103 Å². The van der Waals surface area contributed by atoms with Crippen LogP contribution in [0.2, 0.25) is 0 Å². The standard InChI is InChI=1S/C12H18N2O2S/c1-10-4-3-5-11(2)12(10)14-7-6-13-17(15,16)9-8-14/h3-5,13H,6-9H2,1-2H3. The molecular weight excluding hydrogens is 236 g/mol. The monoisotopic (exact) mass is 254 g/mol. The first-order valence-corrected chi connectivity index (χ1v) is 7.43. The molecule has 0 saturated carbocycles. The molecule has 0 spiro atoms. The Morgan fingerprint density at radius 1 is 1.18 bits per heavy atom. The van der Waals surface area contributed by atoms with Crippen LogP contribution in [0.15, 0.2) is 18.2 Å². The first-order chi connectivity index (χ1) is 7.99. The maximum atomic E-state index is 11.5. The van der Waals surface area contributed by atoms with Gasteiger partial charge < -0.3 is 4.90 Å². The average Bonchev–Trinajstić information content (AvgIpc) is 2.40. The molecule has 1 heterocycles. The number of hydrogen-bond donors (Lipinski definition) is 1. The third-order valence-electron chi connectivity index (χ3n) is 3.09. The summed E-state index contributed by atoms with van der Waals surface area (Å²) in [6, 6.07) is 6.16. The zero-order valence-electron chi connectivity index (χ0n) is 10.2. The summed E-state index contributed by atoms with van der Waals surface area (Å²) in [6.07, 6.45) is 0. The number of sulfonamides is 1. The first kappa shape index (κ1) is 12.4. The van der Waals surface area contributed by atoms with Gasteiger partial charge in [0.2, 0.25) is 10.0 Å². The maximum absolute atomic E-state index is 11.5. The summed E-state index contributed by atoms with van der Waals surface area (Å²) < 4.78 is 25.5. The Morgan fingerprint density at radius 3 is 2.47 bits per heavy atom. The van der Waals surface area contributed by atoms with Gasteiger partial charge in [-0.3, -0.25) is 0 Å². The van der Waals surface area contributed by atoms with E-state index in [-0.39, 0.29) is 5.75 Å². The molecule has 0 aromatic heterocycles. The Bertz CT molecular complexity index is 491. The van der Waals surface area contributed by atoms with E-state index in [0.717, 1.165) is 6.54 Å². The number of para-hydroxylation sites is 1. The number of nitrogens with zero attached hydrogens (tertiary/aromatic N) is 1. The Hall–Kier alpha value is -1.07. The van der Waals surface area contributed by atoms with E-state index in [4.69, 9.17) is 0 Å². The highest BCUT2D eigenvalue weighted by atomic mass is 32.2. The van der Waals surface area contributed by atoms with Gasteiger partial charge in [-0.25, -0.2) is 13.1 Å². The fourth-order valence-corrected chi connectivity index (χ4v) is 3.29. The molecule has 1 aromatic rings. The molecule has 0 radical (unpaired) electrons. The van der Waals surface area contributed by atoms with Gasteiger partial charge in [0, 0.05) is 25.3 Å². The van der Waals surface area contributed by atoms with E-state index >= 15 is 0 Å². The van der Waals surface area contributed by atoms with E-state index in [1.165, 1.54) is 16.8 Å². The lowest BCUT2D eigenvalue weighted by Crippen LogP contribution is -2.29. The predicted molar refractivity (Wildman–Crippen MR) is 69.9 cm³/mol. The number of aryl methyl sites for hydroxylation is 2. The zero-order chi connectivity index (χ0) is 12.5. The summed E-state index contributed by atoms with van der Waals surface area (Å²) in [5, 5.41) is 0. The van der Waals surface area contributed by atoms with E-state index in [1.54, 1.807) is 0 Å². The fourth-order valence-electron chi connectivity index (χ4n) is 2.28. The summed E-state index contributed by atoms with van der Waals surface area (Å²) in [6.45, 7) is 5.90. The summed E-state index contributed by atoms with van der Waals surface area (Å²) in [7, 11) is -3.08. The van der Waals surface area contributed by atoms with Gasteiger partial charge in [0.25, 0.3) is 0 Å². The molecule has 1 aromatic carbocycles. The third kappa shape index (κ3) is 2.79. The molecule has 17 heavy (non-hydrogen) atoms. The minimum absolute atomic E-state index is 0.167. The molecule has 0 aliphatic carbocycles. The Kier molecular flexibility index (Phi) is 3.40. The van der Waals surface area contributed by atoms with Crippen LogP contribution in [-0.2, 0) is 10.0 Å². The molecule has 0 atom stereocenters. The molecule has 5 heteroatoms. The van der Waals surface area contributed by atoms with E-state index in [2.05, 4.69) is 35.6 Å². The van der Waals surface area contributed by atoms with Crippen molar-refractivity contribution in [3.63, 3.8) is 0 Å². The smallest absolute Gasteiger partial charge is 0.213 e. The summed E-state index contributed by atoms with van der Waals surface area (Å²) >= 11 is 0. The quantitative estimate of drug-likeness (QED) is 0.815. The molecule has 0 unspecified atom stereocenters. The number of anilines is 1. The number of benzene rings is 1. The van der Waals surface area contributed by atoms with Gasteiger partial charge in [-0.2, -0.15) is 0 Å². The lowest BCUT2D eigenvalue weighted by Gasteiger charge is -2.25. The molecule has 1 aliphatic heterocycles. The van der Waals surface area contributed by atoms with Gasteiger partial charge in [0.15, 0.2) is 0 Å². The lowest BCUT2D eigenvalue weighted by atomic mass is 10.1. The van der Waals surface area contributed by atoms with E-state index in [1.807, 2.05) is 6.07 Å². The van der Waals surface area contributed by atoms with Crippen LogP contribution in [0.1, 0.15) is 11.1 Å². The highest BCUT2D eigenvalue weighted by Crippen LogP contribution is 2.24. The van der Waals surface area contributed by atoms with Crippen LogP contribution in [0.3, 0.4) is 0 Å². The minimum atomic E-state index is -3.08. The average molecular weight is 254 g/mol. The van der Waals surface area contributed by atoms with Gasteiger partial charge in [-0.1, -0.05) is 18.2 Å². The Morgan fingerprint density at radius 2 is 1.82 bits per heavy atom. The topological polar surface area (TPSA) is 49.4 Å². The largest absolute Gasteiger partial charge is 0.369 e. The van der Waals surface area contributed by atoms with Crippen LogP contribution in [0.25, 0.3) is 0 Å². The van der Waals surface area contributed by atoms with Crippen LogP contribution < -0.4 is 9.62 Å². The maximum Gasteiger partial charge on any atom is 0.213 e. The van der Waals surface area contributed by atoms with Crippen LogP contribution in [-0.4, -0.2) is 33.8 Å². The van der Waals surface area contributed by atoms with Crippen molar-refractivity contribution in [1.82, 2.24) is 4.72 Å². The number of rotatable bonds is 1. The second-order valence-corrected chi connectivity index (χ2v) is 6.37. The van der Waals surface area contributed by atoms with Gasteiger partial charge in [0.1, 0.15) is 0 Å². The molecule has 1 fully saturated rings. The van der Waals surface area contributed by atoms with Crippen LogP contribution in [0.5, 0.6) is 0 Å². The fraction of sp³-hybridized carbons (Fsp3) is 0.500. The van der Waals surface area contributed by atoms with E-state index in [0.29, 0.717) is 13.1 Å². The van der Waals surface area contributed by atoms with Gasteiger partial charge in [-0.15, -0.1) is 0 Å². The van der Waals surface area contributed by atoms with Crippen molar-refractivity contribution in [2.75, 3.05) is 30.3 Å². The Balaban J connectivity index is 2.29. The molecule has 1 aliphatic rings. The molecule has 0 amide bonds. The number of hydrogen-bond acceptors (Lipinski definition) is 3. The van der Waals surface area contributed by atoms with Crippen molar-refractivity contribution in [3.05, 3.63) is 29.3 Å². The molecule has 1 N–H and O–H groups in total. The molecule has 4 nitrogen and oxygen atoms in total. The van der Waals surface area contributed by atoms with Crippen LogP contribution >= 0.6 is 0 Å². The molecule has 1 saturated heterocycles. The SMILES string of the molecule is Cc1cccc(C)c1N1CCNS(=O)(=O)CC1. The van der Waals surface area contributed by atoms with Crippen molar-refractivity contribution >= 4 is 15.7 Å². The summed E-state index contributed by atoms with van der Waals surface area (Å²) in [5.74, 6) is 0.167.